The van der Waals surface area contributed by atoms with Crippen molar-refractivity contribution in [1.82, 2.24) is 0 Å². The Labute approximate surface area is 147 Å². The summed E-state index contributed by atoms with van der Waals surface area (Å²) >= 11 is 6.41. The first-order chi connectivity index (χ1) is 11.7. The Hall–Kier alpha value is -1.47. The maximum atomic E-state index is 6.41. The highest BCUT2D eigenvalue weighted by atomic mass is 35.5. The first-order valence-electron chi connectivity index (χ1n) is 9.31. The number of furan rings is 1. The molecule has 0 atom stereocenters. The average molecular weight is 337 g/mol. The van der Waals surface area contributed by atoms with Crippen molar-refractivity contribution in [3.63, 3.8) is 0 Å². The van der Waals surface area contributed by atoms with Crippen molar-refractivity contribution in [2.24, 2.45) is 17.8 Å². The van der Waals surface area contributed by atoms with Crippen LogP contribution in [-0.2, 0) is 5.41 Å². The van der Waals surface area contributed by atoms with Crippen LogP contribution in [0.4, 0.5) is 0 Å². The van der Waals surface area contributed by atoms with E-state index in [4.69, 9.17) is 16.0 Å². The number of benzene rings is 2. The minimum absolute atomic E-state index is 0.422. The van der Waals surface area contributed by atoms with Crippen LogP contribution in [0.3, 0.4) is 0 Å². The van der Waals surface area contributed by atoms with Gasteiger partial charge < -0.3 is 4.42 Å². The quantitative estimate of drug-likeness (QED) is 0.481. The van der Waals surface area contributed by atoms with E-state index in [1.807, 2.05) is 18.2 Å². The standard InChI is InChI=1S/C22H21ClO/c23-18-2-1-3-19-21(18)17-5-4-16(9-20(17)24-19)22-10-13-6-14(11-22)8-15(7-13)12-22/h1-5,9,13-15H,6-8,10-12H2. The van der Waals surface area contributed by atoms with Gasteiger partial charge in [-0.05, 0) is 85.5 Å². The predicted octanol–water partition coefficient (Wildman–Crippen LogP) is 6.71. The van der Waals surface area contributed by atoms with Crippen molar-refractivity contribution in [2.75, 3.05) is 0 Å². The van der Waals surface area contributed by atoms with E-state index >= 15 is 0 Å². The van der Waals surface area contributed by atoms with Gasteiger partial charge in [0.25, 0.3) is 0 Å². The molecule has 3 aromatic rings. The van der Waals surface area contributed by atoms with E-state index in [9.17, 15) is 0 Å². The van der Waals surface area contributed by atoms with Crippen LogP contribution in [0, 0.1) is 17.8 Å². The smallest absolute Gasteiger partial charge is 0.136 e. The molecule has 2 aromatic carbocycles. The molecule has 0 radical (unpaired) electrons. The molecule has 0 aliphatic heterocycles. The Morgan fingerprint density at radius 1 is 0.875 bits per heavy atom. The minimum Gasteiger partial charge on any atom is -0.456 e. The molecule has 0 spiro atoms. The lowest BCUT2D eigenvalue weighted by atomic mass is 9.48. The van der Waals surface area contributed by atoms with Gasteiger partial charge in [0.2, 0.25) is 0 Å². The third-order valence-electron chi connectivity index (χ3n) is 7.10. The van der Waals surface area contributed by atoms with Crippen LogP contribution >= 0.6 is 11.6 Å². The summed E-state index contributed by atoms with van der Waals surface area (Å²) < 4.78 is 6.15. The second kappa shape index (κ2) is 4.58. The van der Waals surface area contributed by atoms with E-state index in [2.05, 4.69) is 18.2 Å². The van der Waals surface area contributed by atoms with Crippen LogP contribution in [-0.4, -0.2) is 0 Å². The molecule has 4 bridgehead atoms. The van der Waals surface area contributed by atoms with Crippen LogP contribution in [0.25, 0.3) is 21.9 Å². The second-order valence-corrected chi connectivity index (χ2v) is 9.03. The Morgan fingerprint density at radius 2 is 1.58 bits per heavy atom. The number of hydrogen-bond donors (Lipinski definition) is 0. The van der Waals surface area contributed by atoms with Crippen LogP contribution in [0.15, 0.2) is 40.8 Å². The van der Waals surface area contributed by atoms with E-state index in [0.717, 1.165) is 44.7 Å². The van der Waals surface area contributed by atoms with E-state index < -0.39 is 0 Å². The third kappa shape index (κ3) is 1.77. The van der Waals surface area contributed by atoms with Gasteiger partial charge in [-0.25, -0.2) is 0 Å². The van der Waals surface area contributed by atoms with Gasteiger partial charge in [-0.3, -0.25) is 0 Å². The molecule has 4 aliphatic rings. The van der Waals surface area contributed by atoms with Crippen LogP contribution in [0.5, 0.6) is 0 Å². The van der Waals surface area contributed by atoms with Gasteiger partial charge in [0.1, 0.15) is 11.2 Å². The maximum absolute atomic E-state index is 6.41. The summed E-state index contributed by atoms with van der Waals surface area (Å²) in [7, 11) is 0. The zero-order chi connectivity index (χ0) is 15.9. The number of hydrogen-bond acceptors (Lipinski definition) is 1. The van der Waals surface area contributed by atoms with Crippen molar-refractivity contribution < 1.29 is 4.42 Å². The topological polar surface area (TPSA) is 13.1 Å². The molecule has 0 N–H and O–H groups in total. The van der Waals surface area contributed by atoms with Gasteiger partial charge in [0.05, 0.1) is 5.02 Å². The summed E-state index contributed by atoms with van der Waals surface area (Å²) in [6.45, 7) is 0. The summed E-state index contributed by atoms with van der Waals surface area (Å²) in [4.78, 5) is 0. The molecule has 1 aromatic heterocycles. The lowest BCUT2D eigenvalue weighted by Gasteiger charge is -2.57. The zero-order valence-electron chi connectivity index (χ0n) is 13.7. The molecule has 0 saturated heterocycles. The molecular weight excluding hydrogens is 316 g/mol. The highest BCUT2D eigenvalue weighted by Crippen LogP contribution is 2.61. The molecular formula is C22H21ClO. The lowest BCUT2D eigenvalue weighted by Crippen LogP contribution is -2.48. The van der Waals surface area contributed by atoms with E-state index in [1.54, 1.807) is 0 Å². The Morgan fingerprint density at radius 3 is 2.29 bits per heavy atom. The molecule has 0 amide bonds. The largest absolute Gasteiger partial charge is 0.456 e. The highest BCUT2D eigenvalue weighted by molar-refractivity contribution is 6.37. The van der Waals surface area contributed by atoms with Crippen LogP contribution in [0.2, 0.25) is 5.02 Å². The monoisotopic (exact) mass is 336 g/mol. The van der Waals surface area contributed by atoms with Crippen molar-refractivity contribution in [3.8, 4) is 0 Å². The number of rotatable bonds is 1. The first kappa shape index (κ1) is 13.8. The Bertz CT molecular complexity index is 931. The van der Waals surface area contributed by atoms with Gasteiger partial charge in [-0.1, -0.05) is 29.8 Å². The highest BCUT2D eigenvalue weighted by Gasteiger charge is 2.51. The molecule has 24 heavy (non-hydrogen) atoms. The molecule has 4 fully saturated rings. The SMILES string of the molecule is Clc1cccc2oc3cc(C45CC6CC(CC(C6)C4)C5)ccc3c12. The van der Waals surface area contributed by atoms with Gasteiger partial charge >= 0.3 is 0 Å². The van der Waals surface area contributed by atoms with Crippen molar-refractivity contribution in [2.45, 2.75) is 43.9 Å². The molecule has 4 saturated carbocycles. The molecule has 7 rings (SSSR count). The lowest BCUT2D eigenvalue weighted by molar-refractivity contribution is -0.00515. The summed E-state index contributed by atoms with van der Waals surface area (Å²) in [5, 5.41) is 3.00. The molecule has 4 aliphatic carbocycles. The molecule has 1 nitrogen and oxygen atoms in total. The third-order valence-corrected chi connectivity index (χ3v) is 7.41. The predicted molar refractivity (Wildman–Crippen MR) is 98.6 cm³/mol. The second-order valence-electron chi connectivity index (χ2n) is 8.62. The number of halogens is 1. The fraction of sp³-hybridized carbons (Fsp3) is 0.455. The van der Waals surface area contributed by atoms with Gasteiger partial charge in [-0.2, -0.15) is 0 Å². The van der Waals surface area contributed by atoms with Gasteiger partial charge in [0, 0.05) is 10.8 Å². The van der Waals surface area contributed by atoms with Crippen LogP contribution < -0.4 is 0 Å². The fourth-order valence-corrected chi connectivity index (χ4v) is 6.84. The summed E-state index contributed by atoms with van der Waals surface area (Å²) in [5.41, 5.74) is 3.85. The molecule has 122 valence electrons. The normalized spacial score (nSPS) is 34.5. The van der Waals surface area contributed by atoms with E-state index in [1.165, 1.54) is 44.1 Å². The molecule has 1 heterocycles. The van der Waals surface area contributed by atoms with Crippen molar-refractivity contribution in [1.29, 1.82) is 0 Å². The van der Waals surface area contributed by atoms with Gasteiger partial charge in [0.15, 0.2) is 0 Å². The minimum atomic E-state index is 0.422. The zero-order valence-corrected chi connectivity index (χ0v) is 14.5. The Balaban J connectivity index is 1.53. The van der Waals surface area contributed by atoms with Crippen molar-refractivity contribution in [3.05, 3.63) is 47.0 Å². The maximum Gasteiger partial charge on any atom is 0.136 e. The summed E-state index contributed by atoms with van der Waals surface area (Å²) in [5.74, 6) is 2.91. The molecule has 0 unspecified atom stereocenters. The Kier molecular flexibility index (Phi) is 2.63. The van der Waals surface area contributed by atoms with E-state index in [-0.39, 0.29) is 0 Å². The summed E-state index contributed by atoms with van der Waals surface area (Å²) in [6.07, 6.45) is 8.65. The fourth-order valence-electron chi connectivity index (χ4n) is 6.58. The van der Waals surface area contributed by atoms with Crippen LogP contribution in [0.1, 0.15) is 44.1 Å². The summed E-state index contributed by atoms with van der Waals surface area (Å²) in [6, 6.07) is 12.9. The van der Waals surface area contributed by atoms with E-state index in [0.29, 0.717) is 5.41 Å². The molecule has 2 heteroatoms. The first-order valence-corrected chi connectivity index (χ1v) is 9.69. The van der Waals surface area contributed by atoms with Crippen molar-refractivity contribution >= 4 is 33.5 Å². The number of fused-ring (bicyclic) bond motifs is 3. The van der Waals surface area contributed by atoms with Gasteiger partial charge in [-0.15, -0.1) is 0 Å². The average Bonchev–Trinajstić information content (AvgIpc) is 2.92.